The van der Waals surface area contributed by atoms with Gasteiger partial charge in [-0.1, -0.05) is 30.3 Å². The van der Waals surface area contributed by atoms with Crippen LogP contribution in [0.25, 0.3) is 10.9 Å². The first kappa shape index (κ1) is 18.5. The molecule has 2 aromatic carbocycles. The molecule has 0 spiro atoms. The molecule has 1 heterocycles. The van der Waals surface area contributed by atoms with Gasteiger partial charge >= 0.3 is 12.1 Å². The molecule has 0 aliphatic rings. The Labute approximate surface area is 152 Å². The van der Waals surface area contributed by atoms with E-state index in [0.29, 0.717) is 10.9 Å². The number of fused-ring (bicyclic) bond motifs is 1. The predicted molar refractivity (Wildman–Crippen MR) is 93.7 cm³/mol. The highest BCUT2D eigenvalue weighted by atomic mass is 19.4. The molecule has 3 aromatic rings. The minimum Gasteiger partial charge on any atom is -0.461 e. The average molecular weight is 376 g/mol. The maximum Gasteiger partial charge on any atom is 0.417 e. The van der Waals surface area contributed by atoms with E-state index in [-0.39, 0.29) is 18.0 Å². The molecule has 8 heteroatoms. The van der Waals surface area contributed by atoms with Crippen LogP contribution in [0.2, 0.25) is 0 Å². The number of alkyl halides is 3. The number of ether oxygens (including phenoxy) is 1. The van der Waals surface area contributed by atoms with Gasteiger partial charge in [0.1, 0.15) is 5.69 Å². The molecule has 5 nitrogen and oxygen atoms in total. The van der Waals surface area contributed by atoms with Crippen LogP contribution in [-0.2, 0) is 10.9 Å². The van der Waals surface area contributed by atoms with Crippen LogP contribution >= 0.6 is 0 Å². The van der Waals surface area contributed by atoms with Crippen molar-refractivity contribution in [1.29, 1.82) is 0 Å². The topological polar surface area (TPSA) is 71.2 Å². The van der Waals surface area contributed by atoms with Crippen molar-refractivity contribution in [3.63, 3.8) is 0 Å². The van der Waals surface area contributed by atoms with E-state index in [1.807, 2.05) is 0 Å². The molecule has 2 N–H and O–H groups in total. The molecular formula is C19H15F3N2O3. The summed E-state index contributed by atoms with van der Waals surface area (Å²) in [7, 11) is 0. The Morgan fingerprint density at radius 1 is 1.07 bits per heavy atom. The van der Waals surface area contributed by atoms with Gasteiger partial charge in [-0.25, -0.2) is 4.79 Å². The van der Waals surface area contributed by atoms with Gasteiger partial charge in [0.15, 0.2) is 0 Å². The third kappa shape index (κ3) is 3.64. The highest BCUT2D eigenvalue weighted by Crippen LogP contribution is 2.33. The lowest BCUT2D eigenvalue weighted by atomic mass is 10.1. The van der Waals surface area contributed by atoms with Crippen LogP contribution in [0.3, 0.4) is 0 Å². The van der Waals surface area contributed by atoms with Gasteiger partial charge in [-0.15, -0.1) is 0 Å². The van der Waals surface area contributed by atoms with Crippen LogP contribution in [-0.4, -0.2) is 23.5 Å². The first-order valence-corrected chi connectivity index (χ1v) is 8.08. The molecule has 0 fully saturated rings. The summed E-state index contributed by atoms with van der Waals surface area (Å²) >= 11 is 0. The van der Waals surface area contributed by atoms with Crippen LogP contribution in [0.1, 0.15) is 33.3 Å². The van der Waals surface area contributed by atoms with E-state index in [1.54, 1.807) is 31.2 Å². The van der Waals surface area contributed by atoms with Gasteiger partial charge in [0.2, 0.25) is 0 Å². The molecule has 0 unspecified atom stereocenters. The third-order valence-electron chi connectivity index (χ3n) is 3.90. The standard InChI is InChI=1S/C19H15F3N2O3/c1-2-27-18(26)16-15(12-8-4-6-10-14(12)23-16)24-17(25)11-7-3-5-9-13(11)19(20,21)22/h3-10,23H,2H2,1H3,(H,24,25). The molecule has 0 aliphatic heterocycles. The number of carbonyl (C=O) groups is 2. The fourth-order valence-electron chi connectivity index (χ4n) is 2.74. The van der Waals surface area contributed by atoms with Crippen molar-refractivity contribution >= 4 is 28.5 Å². The molecule has 0 aliphatic carbocycles. The second-order valence-corrected chi connectivity index (χ2v) is 5.64. The smallest absolute Gasteiger partial charge is 0.417 e. The molecule has 0 radical (unpaired) electrons. The molecular weight excluding hydrogens is 361 g/mol. The fourth-order valence-corrected chi connectivity index (χ4v) is 2.74. The normalized spacial score (nSPS) is 11.4. The molecule has 0 bridgehead atoms. The Balaban J connectivity index is 2.06. The number of nitrogens with one attached hydrogen (secondary N) is 2. The molecule has 3 rings (SSSR count). The Kier molecular flexibility index (Phi) is 4.89. The summed E-state index contributed by atoms with van der Waals surface area (Å²) in [6.45, 7) is 1.73. The summed E-state index contributed by atoms with van der Waals surface area (Å²) in [5.74, 6) is -1.69. The molecule has 1 amide bonds. The van der Waals surface area contributed by atoms with Gasteiger partial charge in [-0.2, -0.15) is 13.2 Å². The van der Waals surface area contributed by atoms with Crippen LogP contribution in [0.5, 0.6) is 0 Å². The summed E-state index contributed by atoms with van der Waals surface area (Å²) in [4.78, 5) is 27.6. The van der Waals surface area contributed by atoms with E-state index in [0.717, 1.165) is 12.1 Å². The molecule has 27 heavy (non-hydrogen) atoms. The lowest BCUT2D eigenvalue weighted by Gasteiger charge is -2.13. The first-order chi connectivity index (χ1) is 12.8. The third-order valence-corrected chi connectivity index (χ3v) is 3.90. The molecule has 140 valence electrons. The Hall–Kier alpha value is -3.29. The Morgan fingerprint density at radius 2 is 1.74 bits per heavy atom. The summed E-state index contributed by atoms with van der Waals surface area (Å²) < 4.78 is 44.5. The number of esters is 1. The largest absolute Gasteiger partial charge is 0.461 e. The number of para-hydroxylation sites is 1. The van der Waals surface area contributed by atoms with Crippen LogP contribution in [0, 0.1) is 0 Å². The number of anilines is 1. The lowest BCUT2D eigenvalue weighted by molar-refractivity contribution is -0.137. The van der Waals surface area contributed by atoms with Gasteiger partial charge in [0.05, 0.1) is 23.4 Å². The predicted octanol–water partition coefficient (Wildman–Crippen LogP) is 4.62. The monoisotopic (exact) mass is 376 g/mol. The van der Waals surface area contributed by atoms with E-state index < -0.39 is 29.2 Å². The van der Waals surface area contributed by atoms with Crippen molar-refractivity contribution in [2.45, 2.75) is 13.1 Å². The number of aromatic nitrogens is 1. The van der Waals surface area contributed by atoms with E-state index in [9.17, 15) is 22.8 Å². The van der Waals surface area contributed by atoms with Gasteiger partial charge in [0.25, 0.3) is 5.91 Å². The number of hydrogen-bond donors (Lipinski definition) is 2. The highest BCUT2D eigenvalue weighted by molar-refractivity contribution is 6.15. The maximum atomic E-state index is 13.2. The number of hydrogen-bond acceptors (Lipinski definition) is 3. The van der Waals surface area contributed by atoms with Gasteiger partial charge in [-0.05, 0) is 25.1 Å². The van der Waals surface area contributed by atoms with Crippen molar-refractivity contribution in [3.8, 4) is 0 Å². The maximum absolute atomic E-state index is 13.2. The zero-order valence-electron chi connectivity index (χ0n) is 14.2. The van der Waals surface area contributed by atoms with Crippen LogP contribution in [0.4, 0.5) is 18.9 Å². The van der Waals surface area contributed by atoms with Gasteiger partial charge < -0.3 is 15.0 Å². The SMILES string of the molecule is CCOC(=O)c1[nH]c2ccccc2c1NC(=O)c1ccccc1C(F)(F)F. The van der Waals surface area contributed by atoms with Gasteiger partial charge in [0, 0.05) is 10.9 Å². The number of benzene rings is 2. The first-order valence-electron chi connectivity index (χ1n) is 8.08. The number of aromatic amines is 1. The van der Waals surface area contributed by atoms with Crippen molar-refractivity contribution < 1.29 is 27.5 Å². The number of amides is 1. The summed E-state index contributed by atoms with van der Waals surface area (Å²) in [6, 6.07) is 11.2. The van der Waals surface area contributed by atoms with Crippen molar-refractivity contribution in [3.05, 3.63) is 65.4 Å². The molecule has 1 aromatic heterocycles. The average Bonchev–Trinajstić information content (AvgIpc) is 3.00. The number of rotatable bonds is 4. The lowest BCUT2D eigenvalue weighted by Crippen LogP contribution is -2.20. The minimum absolute atomic E-state index is 0.0316. The minimum atomic E-state index is -4.68. The van der Waals surface area contributed by atoms with E-state index in [2.05, 4.69) is 10.3 Å². The summed E-state index contributed by atoms with van der Waals surface area (Å²) in [5, 5.41) is 2.92. The quantitative estimate of drug-likeness (QED) is 0.653. The second kappa shape index (κ2) is 7.14. The van der Waals surface area contributed by atoms with E-state index in [1.165, 1.54) is 12.1 Å². The van der Waals surface area contributed by atoms with Crippen LogP contribution in [0.15, 0.2) is 48.5 Å². The molecule has 0 atom stereocenters. The highest BCUT2D eigenvalue weighted by Gasteiger charge is 2.35. The van der Waals surface area contributed by atoms with Crippen molar-refractivity contribution in [2.24, 2.45) is 0 Å². The molecule has 0 saturated carbocycles. The zero-order chi connectivity index (χ0) is 19.6. The Bertz CT molecular complexity index is 1010. The van der Waals surface area contributed by atoms with Crippen molar-refractivity contribution in [1.82, 2.24) is 4.98 Å². The Morgan fingerprint density at radius 3 is 2.44 bits per heavy atom. The van der Waals surface area contributed by atoms with Crippen molar-refractivity contribution in [2.75, 3.05) is 11.9 Å². The summed E-state index contributed by atoms with van der Waals surface area (Å²) in [5.41, 5.74) is -1.01. The van der Waals surface area contributed by atoms with Crippen LogP contribution < -0.4 is 5.32 Å². The molecule has 0 saturated heterocycles. The van der Waals surface area contributed by atoms with E-state index >= 15 is 0 Å². The number of halogens is 3. The fraction of sp³-hybridized carbons (Fsp3) is 0.158. The number of carbonyl (C=O) groups excluding carboxylic acids is 2. The zero-order valence-corrected chi connectivity index (χ0v) is 14.2. The second-order valence-electron chi connectivity index (χ2n) is 5.64. The van der Waals surface area contributed by atoms with Gasteiger partial charge in [-0.3, -0.25) is 4.79 Å². The number of H-pyrrole nitrogens is 1. The summed E-state index contributed by atoms with van der Waals surface area (Å²) in [6.07, 6.45) is -4.68. The van der Waals surface area contributed by atoms with E-state index in [4.69, 9.17) is 4.74 Å².